The van der Waals surface area contributed by atoms with Crippen molar-refractivity contribution in [3.63, 3.8) is 0 Å². The number of hydrogen-bond acceptors (Lipinski definition) is 1. The summed E-state index contributed by atoms with van der Waals surface area (Å²) in [7, 11) is 0. The smallest absolute Gasteiger partial charge is 0.0970 e. The molecule has 0 radical (unpaired) electrons. The summed E-state index contributed by atoms with van der Waals surface area (Å²) in [5.74, 6) is 0.919. The Morgan fingerprint density at radius 2 is 2.50 bits per heavy atom. The normalized spacial score (nSPS) is 11.0. The Morgan fingerprint density at radius 3 is 2.88 bits per heavy atom. The molecule has 0 saturated carbocycles. The first kappa shape index (κ1) is 7.21. The fourth-order valence-electron chi connectivity index (χ4n) is 0.431. The number of amidine groups is 1. The quantitative estimate of drug-likeness (QED) is 0.420. The van der Waals surface area contributed by atoms with Gasteiger partial charge in [0, 0.05) is 6.54 Å². The standard InChI is InChI=1S/C6H12N2/c1-4-7-6(3)8-5-2/h4H,1,5H2,2-3H3,(H,7,8). The third kappa shape index (κ3) is 3.40. The van der Waals surface area contributed by atoms with Crippen LogP contribution in [-0.2, 0) is 0 Å². The molecular weight excluding hydrogens is 100 g/mol. The summed E-state index contributed by atoms with van der Waals surface area (Å²) < 4.78 is 0. The van der Waals surface area contributed by atoms with Gasteiger partial charge < -0.3 is 5.32 Å². The molecule has 0 saturated heterocycles. The molecule has 0 aromatic rings. The molecule has 0 amide bonds. The molecule has 1 N–H and O–H groups in total. The van der Waals surface area contributed by atoms with Gasteiger partial charge in [-0.3, -0.25) is 4.99 Å². The van der Waals surface area contributed by atoms with Crippen molar-refractivity contribution in [3.8, 4) is 0 Å². The first-order chi connectivity index (χ1) is 3.81. The maximum atomic E-state index is 4.05. The Labute approximate surface area is 50.3 Å². The van der Waals surface area contributed by atoms with Gasteiger partial charge in [-0.1, -0.05) is 6.58 Å². The fourth-order valence-corrected chi connectivity index (χ4v) is 0.431. The highest BCUT2D eigenvalue weighted by molar-refractivity contribution is 5.80. The van der Waals surface area contributed by atoms with E-state index in [0.717, 1.165) is 12.4 Å². The second-order valence-corrected chi connectivity index (χ2v) is 1.41. The largest absolute Gasteiger partial charge is 0.351 e. The summed E-state index contributed by atoms with van der Waals surface area (Å²) in [6.07, 6.45) is 1.62. The Kier molecular flexibility index (Phi) is 3.94. The molecule has 0 aromatic carbocycles. The van der Waals surface area contributed by atoms with Crippen LogP contribution in [0.4, 0.5) is 0 Å². The minimum atomic E-state index is 0.826. The lowest BCUT2D eigenvalue weighted by Crippen LogP contribution is -2.12. The SMILES string of the molecule is C=CNC(C)=NCC. The topological polar surface area (TPSA) is 24.4 Å². The second-order valence-electron chi connectivity index (χ2n) is 1.41. The molecule has 0 heterocycles. The van der Waals surface area contributed by atoms with Crippen molar-refractivity contribution in [1.82, 2.24) is 5.32 Å². The third-order valence-electron chi connectivity index (χ3n) is 0.706. The van der Waals surface area contributed by atoms with Gasteiger partial charge in [0.15, 0.2) is 0 Å². The van der Waals surface area contributed by atoms with E-state index in [1.165, 1.54) is 0 Å². The monoisotopic (exact) mass is 112 g/mol. The number of hydrogen-bond donors (Lipinski definition) is 1. The molecule has 0 unspecified atom stereocenters. The van der Waals surface area contributed by atoms with Crippen LogP contribution in [0.2, 0.25) is 0 Å². The van der Waals surface area contributed by atoms with Gasteiger partial charge in [0.05, 0.1) is 5.84 Å². The molecule has 46 valence electrons. The summed E-state index contributed by atoms with van der Waals surface area (Å²) in [5.41, 5.74) is 0. The average molecular weight is 112 g/mol. The van der Waals surface area contributed by atoms with Gasteiger partial charge in [-0.25, -0.2) is 0 Å². The van der Waals surface area contributed by atoms with Gasteiger partial charge in [0.25, 0.3) is 0 Å². The van der Waals surface area contributed by atoms with Crippen LogP contribution in [0, 0.1) is 0 Å². The summed E-state index contributed by atoms with van der Waals surface area (Å²) in [6.45, 7) is 8.22. The summed E-state index contributed by atoms with van der Waals surface area (Å²) in [5, 5.41) is 2.86. The van der Waals surface area contributed by atoms with Crippen molar-refractivity contribution in [3.05, 3.63) is 12.8 Å². The zero-order valence-electron chi connectivity index (χ0n) is 5.44. The summed E-state index contributed by atoms with van der Waals surface area (Å²) in [4.78, 5) is 4.05. The van der Waals surface area contributed by atoms with Gasteiger partial charge in [0.1, 0.15) is 0 Å². The maximum Gasteiger partial charge on any atom is 0.0970 e. The molecule has 2 heteroatoms. The van der Waals surface area contributed by atoms with Crippen molar-refractivity contribution in [1.29, 1.82) is 0 Å². The van der Waals surface area contributed by atoms with Gasteiger partial charge >= 0.3 is 0 Å². The average Bonchev–Trinajstić information content (AvgIpc) is 1.68. The van der Waals surface area contributed by atoms with Crippen LogP contribution in [-0.4, -0.2) is 12.4 Å². The molecule has 0 aliphatic carbocycles. The number of nitrogens with one attached hydrogen (secondary N) is 1. The Bertz CT molecular complexity index is 94.7. The molecular formula is C6H12N2. The van der Waals surface area contributed by atoms with Gasteiger partial charge in [-0.2, -0.15) is 0 Å². The van der Waals surface area contributed by atoms with Crippen molar-refractivity contribution in [2.75, 3.05) is 6.54 Å². The van der Waals surface area contributed by atoms with Gasteiger partial charge in [-0.05, 0) is 20.0 Å². The predicted octanol–water partition coefficient (Wildman–Crippen LogP) is 1.16. The lowest BCUT2D eigenvalue weighted by atomic mass is 10.6. The van der Waals surface area contributed by atoms with E-state index in [1.54, 1.807) is 6.20 Å². The van der Waals surface area contributed by atoms with Crippen LogP contribution >= 0.6 is 0 Å². The van der Waals surface area contributed by atoms with Crippen LogP contribution in [0.5, 0.6) is 0 Å². The van der Waals surface area contributed by atoms with Crippen LogP contribution in [0.15, 0.2) is 17.8 Å². The van der Waals surface area contributed by atoms with E-state index < -0.39 is 0 Å². The van der Waals surface area contributed by atoms with Crippen molar-refractivity contribution >= 4 is 5.84 Å². The lowest BCUT2D eigenvalue weighted by Gasteiger charge is -1.94. The van der Waals surface area contributed by atoms with Crippen LogP contribution in [0.25, 0.3) is 0 Å². The van der Waals surface area contributed by atoms with Gasteiger partial charge in [-0.15, -0.1) is 0 Å². The number of rotatable bonds is 2. The van der Waals surface area contributed by atoms with E-state index in [2.05, 4.69) is 16.9 Å². The van der Waals surface area contributed by atoms with Crippen LogP contribution in [0.1, 0.15) is 13.8 Å². The molecule has 0 rings (SSSR count). The van der Waals surface area contributed by atoms with E-state index in [0.29, 0.717) is 0 Å². The maximum absolute atomic E-state index is 4.05. The Morgan fingerprint density at radius 1 is 1.88 bits per heavy atom. The van der Waals surface area contributed by atoms with Crippen molar-refractivity contribution in [2.24, 2.45) is 4.99 Å². The molecule has 0 spiro atoms. The predicted molar refractivity (Wildman–Crippen MR) is 37.0 cm³/mol. The molecule has 0 aliphatic rings. The zero-order chi connectivity index (χ0) is 6.41. The third-order valence-corrected chi connectivity index (χ3v) is 0.706. The van der Waals surface area contributed by atoms with Crippen molar-refractivity contribution in [2.45, 2.75) is 13.8 Å². The van der Waals surface area contributed by atoms with E-state index in [1.807, 2.05) is 13.8 Å². The highest BCUT2D eigenvalue weighted by atomic mass is 15.0. The Hall–Kier alpha value is -0.790. The molecule has 0 atom stereocenters. The van der Waals surface area contributed by atoms with Crippen molar-refractivity contribution < 1.29 is 0 Å². The molecule has 0 fully saturated rings. The molecule has 0 aromatic heterocycles. The van der Waals surface area contributed by atoms with E-state index in [-0.39, 0.29) is 0 Å². The van der Waals surface area contributed by atoms with Crippen LogP contribution < -0.4 is 5.32 Å². The Balaban J connectivity index is 3.44. The number of aliphatic imine (C=N–C) groups is 1. The molecule has 0 aliphatic heterocycles. The van der Waals surface area contributed by atoms with E-state index in [9.17, 15) is 0 Å². The molecule has 8 heavy (non-hydrogen) atoms. The highest BCUT2D eigenvalue weighted by Gasteiger charge is 1.77. The lowest BCUT2D eigenvalue weighted by molar-refractivity contribution is 1.09. The minimum Gasteiger partial charge on any atom is -0.351 e. The minimum absolute atomic E-state index is 0.826. The molecule has 2 nitrogen and oxygen atoms in total. The zero-order valence-corrected chi connectivity index (χ0v) is 5.44. The van der Waals surface area contributed by atoms with E-state index >= 15 is 0 Å². The van der Waals surface area contributed by atoms with E-state index in [4.69, 9.17) is 0 Å². The second kappa shape index (κ2) is 4.37. The summed E-state index contributed by atoms with van der Waals surface area (Å²) >= 11 is 0. The fraction of sp³-hybridized carbons (Fsp3) is 0.500. The van der Waals surface area contributed by atoms with Crippen LogP contribution in [0.3, 0.4) is 0 Å². The molecule has 0 bridgehead atoms. The summed E-state index contributed by atoms with van der Waals surface area (Å²) in [6, 6.07) is 0. The van der Waals surface area contributed by atoms with Gasteiger partial charge in [0.2, 0.25) is 0 Å². The highest BCUT2D eigenvalue weighted by Crippen LogP contribution is 1.70. The number of nitrogens with zero attached hydrogens (tertiary/aromatic N) is 1. The first-order valence-electron chi connectivity index (χ1n) is 2.69. The first-order valence-corrected chi connectivity index (χ1v) is 2.69.